The van der Waals surface area contributed by atoms with Crippen LogP contribution in [0.2, 0.25) is 0 Å². The third kappa shape index (κ3) is 3.53. The molecule has 1 aromatic carbocycles. The summed E-state index contributed by atoms with van der Waals surface area (Å²) in [5.41, 5.74) is 1.22. The summed E-state index contributed by atoms with van der Waals surface area (Å²) in [6, 6.07) is 7.34. The molecule has 0 spiro atoms. The van der Waals surface area contributed by atoms with E-state index in [0.717, 1.165) is 26.1 Å². The first-order chi connectivity index (χ1) is 8.66. The molecule has 2 nitrogen and oxygen atoms in total. The van der Waals surface area contributed by atoms with Crippen LogP contribution in [0.25, 0.3) is 0 Å². The van der Waals surface area contributed by atoms with Crippen LogP contribution >= 0.6 is 0 Å². The molecule has 0 amide bonds. The van der Waals surface area contributed by atoms with Crippen LogP contribution in [0.5, 0.6) is 0 Å². The van der Waals surface area contributed by atoms with Gasteiger partial charge in [0.05, 0.1) is 12.7 Å². The summed E-state index contributed by atoms with van der Waals surface area (Å²) in [6.07, 6.45) is 2.66. The molecule has 18 heavy (non-hydrogen) atoms. The van der Waals surface area contributed by atoms with Crippen molar-refractivity contribution >= 4 is 0 Å². The molecule has 0 saturated carbocycles. The van der Waals surface area contributed by atoms with E-state index in [1.165, 1.54) is 12.0 Å². The third-order valence-corrected chi connectivity index (χ3v) is 3.45. The molecule has 1 atom stereocenters. The first-order valence-electron chi connectivity index (χ1n) is 6.78. The van der Waals surface area contributed by atoms with Crippen LogP contribution in [0.1, 0.15) is 38.3 Å². The van der Waals surface area contributed by atoms with Gasteiger partial charge in [0.2, 0.25) is 0 Å². The lowest BCUT2D eigenvalue weighted by Crippen LogP contribution is -2.28. The molecule has 0 N–H and O–H groups in total. The molecule has 0 aromatic heterocycles. The monoisotopic (exact) mass is 251 g/mol. The second-order valence-electron chi connectivity index (χ2n) is 5.17. The number of halogens is 1. The molecule has 0 radical (unpaired) electrons. The molecule has 100 valence electrons. The van der Waals surface area contributed by atoms with E-state index in [1.54, 1.807) is 12.1 Å². The average molecular weight is 251 g/mol. The van der Waals surface area contributed by atoms with Gasteiger partial charge in [-0.05, 0) is 50.9 Å². The molecule has 0 aliphatic carbocycles. The van der Waals surface area contributed by atoms with Crippen molar-refractivity contribution in [3.05, 3.63) is 35.6 Å². The minimum Gasteiger partial charge on any atom is -0.377 e. The van der Waals surface area contributed by atoms with E-state index in [-0.39, 0.29) is 11.9 Å². The Morgan fingerprint density at radius 3 is 2.72 bits per heavy atom. The predicted octanol–water partition coefficient (Wildman–Crippen LogP) is 3.39. The number of rotatable bonds is 5. The van der Waals surface area contributed by atoms with Crippen molar-refractivity contribution in [2.45, 2.75) is 38.8 Å². The van der Waals surface area contributed by atoms with E-state index < -0.39 is 0 Å². The van der Waals surface area contributed by atoms with Crippen molar-refractivity contribution < 1.29 is 9.13 Å². The van der Waals surface area contributed by atoms with E-state index in [1.807, 2.05) is 12.1 Å². The SMILES string of the molecule is CC(C)OCCN1CCCC1c1ccc(F)cc1. The summed E-state index contributed by atoms with van der Waals surface area (Å²) < 4.78 is 18.5. The molecule has 2 rings (SSSR count). The fourth-order valence-electron chi connectivity index (χ4n) is 2.56. The van der Waals surface area contributed by atoms with Gasteiger partial charge in [-0.15, -0.1) is 0 Å². The normalized spacial score (nSPS) is 20.8. The molecular formula is C15H22FNO. The topological polar surface area (TPSA) is 12.5 Å². The lowest BCUT2D eigenvalue weighted by molar-refractivity contribution is 0.0563. The van der Waals surface area contributed by atoms with E-state index in [2.05, 4.69) is 18.7 Å². The standard InChI is InChI=1S/C15H22FNO/c1-12(2)18-11-10-17-9-3-4-15(17)13-5-7-14(16)8-6-13/h5-8,12,15H,3-4,9-11H2,1-2H3. The van der Waals surface area contributed by atoms with Gasteiger partial charge in [-0.25, -0.2) is 4.39 Å². The number of benzene rings is 1. The van der Waals surface area contributed by atoms with Gasteiger partial charge >= 0.3 is 0 Å². The van der Waals surface area contributed by atoms with E-state index in [9.17, 15) is 4.39 Å². The molecule has 1 aliphatic heterocycles. The lowest BCUT2D eigenvalue weighted by atomic mass is 10.0. The second-order valence-corrected chi connectivity index (χ2v) is 5.17. The fourth-order valence-corrected chi connectivity index (χ4v) is 2.56. The lowest BCUT2D eigenvalue weighted by Gasteiger charge is -2.25. The van der Waals surface area contributed by atoms with Crippen molar-refractivity contribution in [1.29, 1.82) is 0 Å². The largest absolute Gasteiger partial charge is 0.377 e. The summed E-state index contributed by atoms with van der Waals surface area (Å²) in [6.45, 7) is 6.96. The smallest absolute Gasteiger partial charge is 0.123 e. The minimum atomic E-state index is -0.161. The van der Waals surface area contributed by atoms with Gasteiger partial charge in [0, 0.05) is 12.6 Å². The number of hydrogen-bond acceptors (Lipinski definition) is 2. The summed E-state index contributed by atoms with van der Waals surface area (Å²) in [5.74, 6) is -0.161. The second kappa shape index (κ2) is 6.30. The van der Waals surface area contributed by atoms with Crippen LogP contribution in [0.4, 0.5) is 4.39 Å². The van der Waals surface area contributed by atoms with Crippen molar-refractivity contribution in [2.24, 2.45) is 0 Å². The maximum Gasteiger partial charge on any atom is 0.123 e. The molecule has 1 aliphatic rings. The Labute approximate surface area is 109 Å². The van der Waals surface area contributed by atoms with Crippen molar-refractivity contribution in [3.8, 4) is 0 Å². The Balaban J connectivity index is 1.92. The first-order valence-corrected chi connectivity index (χ1v) is 6.78. The molecule has 1 aromatic rings. The maximum absolute atomic E-state index is 12.9. The summed E-state index contributed by atoms with van der Waals surface area (Å²) in [5, 5.41) is 0. The molecule has 1 fully saturated rings. The van der Waals surface area contributed by atoms with Gasteiger partial charge in [0.1, 0.15) is 5.82 Å². The summed E-state index contributed by atoms with van der Waals surface area (Å²) in [7, 11) is 0. The molecule has 1 saturated heterocycles. The third-order valence-electron chi connectivity index (χ3n) is 3.45. The number of nitrogens with zero attached hydrogens (tertiary/aromatic N) is 1. The zero-order valence-corrected chi connectivity index (χ0v) is 11.2. The molecule has 0 bridgehead atoms. The first kappa shape index (κ1) is 13.5. The van der Waals surface area contributed by atoms with Crippen LogP contribution in [0, 0.1) is 5.82 Å². The van der Waals surface area contributed by atoms with Crippen LogP contribution in [-0.4, -0.2) is 30.7 Å². The van der Waals surface area contributed by atoms with Gasteiger partial charge in [-0.3, -0.25) is 4.90 Å². The number of ether oxygens (including phenoxy) is 1. The summed E-state index contributed by atoms with van der Waals surface area (Å²) >= 11 is 0. The van der Waals surface area contributed by atoms with Gasteiger partial charge in [-0.1, -0.05) is 12.1 Å². The van der Waals surface area contributed by atoms with E-state index >= 15 is 0 Å². The number of likely N-dealkylation sites (tertiary alicyclic amines) is 1. The molecule has 1 unspecified atom stereocenters. The zero-order chi connectivity index (χ0) is 13.0. The Morgan fingerprint density at radius 2 is 2.06 bits per heavy atom. The summed E-state index contributed by atoms with van der Waals surface area (Å²) in [4.78, 5) is 2.44. The van der Waals surface area contributed by atoms with Crippen molar-refractivity contribution in [1.82, 2.24) is 4.90 Å². The van der Waals surface area contributed by atoms with Crippen LogP contribution < -0.4 is 0 Å². The Kier molecular flexibility index (Phi) is 4.72. The van der Waals surface area contributed by atoms with Crippen LogP contribution in [-0.2, 0) is 4.74 Å². The highest BCUT2D eigenvalue weighted by Gasteiger charge is 2.25. The predicted molar refractivity (Wildman–Crippen MR) is 71.0 cm³/mol. The highest BCUT2D eigenvalue weighted by atomic mass is 19.1. The molecular weight excluding hydrogens is 229 g/mol. The Morgan fingerprint density at radius 1 is 1.33 bits per heavy atom. The highest BCUT2D eigenvalue weighted by Crippen LogP contribution is 2.31. The van der Waals surface area contributed by atoms with Crippen molar-refractivity contribution in [3.63, 3.8) is 0 Å². The van der Waals surface area contributed by atoms with Crippen molar-refractivity contribution in [2.75, 3.05) is 19.7 Å². The molecule has 3 heteroatoms. The minimum absolute atomic E-state index is 0.161. The quantitative estimate of drug-likeness (QED) is 0.795. The van der Waals surface area contributed by atoms with Gasteiger partial charge in [-0.2, -0.15) is 0 Å². The van der Waals surface area contributed by atoms with Crippen LogP contribution in [0.15, 0.2) is 24.3 Å². The Hall–Kier alpha value is -0.930. The Bertz CT molecular complexity index is 363. The highest BCUT2D eigenvalue weighted by molar-refractivity contribution is 5.20. The fraction of sp³-hybridized carbons (Fsp3) is 0.600. The maximum atomic E-state index is 12.9. The van der Waals surface area contributed by atoms with Crippen LogP contribution in [0.3, 0.4) is 0 Å². The zero-order valence-electron chi connectivity index (χ0n) is 11.2. The van der Waals surface area contributed by atoms with E-state index in [4.69, 9.17) is 4.74 Å². The number of hydrogen-bond donors (Lipinski definition) is 0. The average Bonchev–Trinajstić information content (AvgIpc) is 2.78. The van der Waals surface area contributed by atoms with Gasteiger partial charge in [0.15, 0.2) is 0 Å². The molecule has 1 heterocycles. The van der Waals surface area contributed by atoms with Gasteiger partial charge in [0.25, 0.3) is 0 Å². The van der Waals surface area contributed by atoms with Gasteiger partial charge < -0.3 is 4.74 Å². The van der Waals surface area contributed by atoms with E-state index in [0.29, 0.717) is 6.04 Å².